The number of thioether (sulfide) groups is 1. The Balaban J connectivity index is 2.27. The van der Waals surface area contributed by atoms with Gasteiger partial charge in [-0.3, -0.25) is 0 Å². The lowest BCUT2D eigenvalue weighted by Crippen LogP contribution is -2.18. The normalized spacial score (nSPS) is 25.1. The van der Waals surface area contributed by atoms with E-state index in [1.54, 1.807) is 0 Å². The van der Waals surface area contributed by atoms with Crippen LogP contribution in [0.1, 0.15) is 31.4 Å². The molecule has 14 heavy (non-hydrogen) atoms. The predicted molar refractivity (Wildman–Crippen MR) is 62.9 cm³/mol. The first-order chi connectivity index (χ1) is 6.72. The van der Waals surface area contributed by atoms with Crippen LogP contribution in [0.25, 0.3) is 0 Å². The molecule has 2 N–H and O–H groups in total. The van der Waals surface area contributed by atoms with Crippen molar-refractivity contribution in [1.82, 2.24) is 0 Å². The Bertz CT molecular complexity index is 340. The molecule has 1 aliphatic rings. The van der Waals surface area contributed by atoms with Crippen molar-refractivity contribution in [1.29, 1.82) is 0 Å². The molecule has 76 valence electrons. The first-order valence-electron chi connectivity index (χ1n) is 4.94. The molecule has 0 aromatic heterocycles. The summed E-state index contributed by atoms with van der Waals surface area (Å²) in [4.78, 5) is 1.31. The highest BCUT2D eigenvalue weighted by Crippen LogP contribution is 2.45. The summed E-state index contributed by atoms with van der Waals surface area (Å²) < 4.78 is 0. The van der Waals surface area contributed by atoms with Crippen LogP contribution in [0.2, 0.25) is 5.02 Å². The van der Waals surface area contributed by atoms with Crippen LogP contribution in [0.5, 0.6) is 0 Å². The average molecular weight is 228 g/mol. The standard InChI is InChI=1S/C11H14ClNS/c1-2-3-10-11(13)8-6-7(12)4-5-9(8)14-10/h4-6,10-11H,2-3,13H2,1H3. The highest BCUT2D eigenvalue weighted by atomic mass is 35.5. The fraction of sp³-hybridized carbons (Fsp3) is 0.455. The summed E-state index contributed by atoms with van der Waals surface area (Å²) in [5, 5.41) is 1.32. The van der Waals surface area contributed by atoms with E-state index in [0.717, 1.165) is 5.02 Å². The third kappa shape index (κ3) is 1.79. The molecule has 0 radical (unpaired) electrons. The van der Waals surface area contributed by atoms with E-state index in [2.05, 4.69) is 13.0 Å². The molecule has 1 heterocycles. The summed E-state index contributed by atoms with van der Waals surface area (Å²) >= 11 is 7.84. The van der Waals surface area contributed by atoms with Crippen LogP contribution < -0.4 is 5.73 Å². The lowest BCUT2D eigenvalue weighted by Gasteiger charge is -2.13. The SMILES string of the molecule is CCCC1Sc2ccc(Cl)cc2C1N. The minimum absolute atomic E-state index is 0.161. The zero-order valence-corrected chi connectivity index (χ0v) is 9.74. The summed E-state index contributed by atoms with van der Waals surface area (Å²) in [5.41, 5.74) is 7.39. The van der Waals surface area contributed by atoms with Gasteiger partial charge < -0.3 is 5.73 Å². The maximum absolute atomic E-state index is 6.17. The molecule has 0 fully saturated rings. The van der Waals surface area contributed by atoms with E-state index < -0.39 is 0 Å². The fourth-order valence-corrected chi connectivity index (χ4v) is 3.48. The summed E-state index contributed by atoms with van der Waals surface area (Å²) in [6, 6.07) is 6.19. The molecule has 0 spiro atoms. The predicted octanol–water partition coefficient (Wildman–Crippen LogP) is 3.61. The van der Waals surface area contributed by atoms with Gasteiger partial charge in [0.2, 0.25) is 0 Å². The van der Waals surface area contributed by atoms with Crippen LogP contribution in [0.15, 0.2) is 23.1 Å². The van der Waals surface area contributed by atoms with Crippen molar-refractivity contribution in [3.63, 3.8) is 0 Å². The van der Waals surface area contributed by atoms with Gasteiger partial charge in [0.1, 0.15) is 0 Å². The Morgan fingerprint density at radius 2 is 2.29 bits per heavy atom. The maximum atomic E-state index is 6.17. The smallest absolute Gasteiger partial charge is 0.0430 e. The van der Waals surface area contributed by atoms with Gasteiger partial charge in [0.05, 0.1) is 0 Å². The molecule has 1 aromatic carbocycles. The average Bonchev–Trinajstić information content (AvgIpc) is 2.46. The number of hydrogen-bond donors (Lipinski definition) is 1. The van der Waals surface area contributed by atoms with Gasteiger partial charge in [-0.2, -0.15) is 0 Å². The Labute approximate surface area is 94.0 Å². The number of halogens is 1. The summed E-state index contributed by atoms with van der Waals surface area (Å²) in [6.07, 6.45) is 2.37. The van der Waals surface area contributed by atoms with Gasteiger partial charge >= 0.3 is 0 Å². The van der Waals surface area contributed by atoms with Gasteiger partial charge in [0.25, 0.3) is 0 Å². The molecule has 1 nitrogen and oxygen atoms in total. The number of rotatable bonds is 2. The minimum atomic E-state index is 0.161. The maximum Gasteiger partial charge on any atom is 0.0430 e. The molecule has 0 saturated heterocycles. The zero-order chi connectivity index (χ0) is 10.1. The van der Waals surface area contributed by atoms with Crippen molar-refractivity contribution >= 4 is 23.4 Å². The van der Waals surface area contributed by atoms with Gasteiger partial charge in [0, 0.05) is 21.2 Å². The Morgan fingerprint density at radius 3 is 3.00 bits per heavy atom. The van der Waals surface area contributed by atoms with Gasteiger partial charge in [-0.05, 0) is 30.2 Å². The molecule has 2 atom stereocenters. The quantitative estimate of drug-likeness (QED) is 0.835. The molecule has 3 heteroatoms. The topological polar surface area (TPSA) is 26.0 Å². The van der Waals surface area contributed by atoms with Crippen molar-refractivity contribution in [3.05, 3.63) is 28.8 Å². The second-order valence-corrected chi connectivity index (χ2v) is 5.37. The van der Waals surface area contributed by atoms with Gasteiger partial charge in [0.15, 0.2) is 0 Å². The Kier molecular flexibility index (Phi) is 3.05. The largest absolute Gasteiger partial charge is 0.323 e. The molecule has 1 aliphatic heterocycles. The monoisotopic (exact) mass is 227 g/mol. The molecule has 2 unspecified atom stereocenters. The van der Waals surface area contributed by atoms with Crippen LogP contribution in [0.3, 0.4) is 0 Å². The number of fused-ring (bicyclic) bond motifs is 1. The number of nitrogens with two attached hydrogens (primary N) is 1. The van der Waals surface area contributed by atoms with Gasteiger partial charge in [-0.15, -0.1) is 11.8 Å². The van der Waals surface area contributed by atoms with Crippen LogP contribution in [-0.4, -0.2) is 5.25 Å². The van der Waals surface area contributed by atoms with Gasteiger partial charge in [-0.25, -0.2) is 0 Å². The summed E-state index contributed by atoms with van der Waals surface area (Å²) in [6.45, 7) is 2.20. The highest BCUT2D eigenvalue weighted by molar-refractivity contribution is 8.00. The molecular weight excluding hydrogens is 214 g/mol. The Hall–Kier alpha value is -0.180. The van der Waals surface area contributed by atoms with Crippen LogP contribution in [0, 0.1) is 0 Å². The first-order valence-corrected chi connectivity index (χ1v) is 6.20. The second-order valence-electron chi connectivity index (χ2n) is 3.65. The Morgan fingerprint density at radius 1 is 1.50 bits per heavy atom. The van der Waals surface area contributed by atoms with Crippen LogP contribution in [0.4, 0.5) is 0 Å². The first kappa shape index (κ1) is 10.3. The van der Waals surface area contributed by atoms with Crippen molar-refractivity contribution < 1.29 is 0 Å². The third-order valence-corrected chi connectivity index (χ3v) is 4.28. The number of benzene rings is 1. The fourth-order valence-electron chi connectivity index (χ4n) is 1.85. The molecule has 0 saturated carbocycles. The molecule has 0 amide bonds. The van der Waals surface area contributed by atoms with E-state index in [0.29, 0.717) is 5.25 Å². The second kappa shape index (κ2) is 4.13. The molecule has 1 aromatic rings. The summed E-state index contributed by atoms with van der Waals surface area (Å²) in [5.74, 6) is 0. The lowest BCUT2D eigenvalue weighted by atomic mass is 10.0. The lowest BCUT2D eigenvalue weighted by molar-refractivity contribution is 0.630. The zero-order valence-electron chi connectivity index (χ0n) is 8.16. The van der Waals surface area contributed by atoms with Crippen molar-refractivity contribution in [2.75, 3.05) is 0 Å². The minimum Gasteiger partial charge on any atom is -0.323 e. The molecular formula is C11H14ClNS. The van der Waals surface area contributed by atoms with Gasteiger partial charge in [-0.1, -0.05) is 24.9 Å². The van der Waals surface area contributed by atoms with Crippen LogP contribution in [-0.2, 0) is 0 Å². The molecule has 0 aliphatic carbocycles. The van der Waals surface area contributed by atoms with E-state index in [1.165, 1.54) is 23.3 Å². The highest BCUT2D eigenvalue weighted by Gasteiger charge is 2.29. The van der Waals surface area contributed by atoms with Crippen molar-refractivity contribution in [3.8, 4) is 0 Å². The molecule has 2 rings (SSSR count). The van der Waals surface area contributed by atoms with E-state index >= 15 is 0 Å². The van der Waals surface area contributed by atoms with E-state index in [-0.39, 0.29) is 6.04 Å². The van der Waals surface area contributed by atoms with E-state index in [9.17, 15) is 0 Å². The van der Waals surface area contributed by atoms with E-state index in [4.69, 9.17) is 17.3 Å². The van der Waals surface area contributed by atoms with Crippen molar-refractivity contribution in [2.24, 2.45) is 5.73 Å². The van der Waals surface area contributed by atoms with Crippen molar-refractivity contribution in [2.45, 2.75) is 36.0 Å². The summed E-state index contributed by atoms with van der Waals surface area (Å²) in [7, 11) is 0. The number of hydrogen-bond acceptors (Lipinski definition) is 2. The molecule has 0 bridgehead atoms. The third-order valence-electron chi connectivity index (χ3n) is 2.58. The van der Waals surface area contributed by atoms with Crippen LogP contribution >= 0.6 is 23.4 Å². The van der Waals surface area contributed by atoms with E-state index in [1.807, 2.05) is 23.9 Å².